The topological polar surface area (TPSA) is 94.5 Å². The lowest BCUT2D eigenvalue weighted by atomic mass is 9.95. The molecular formula is C25H36N4O4. The van der Waals surface area contributed by atoms with Gasteiger partial charge in [0.15, 0.2) is 5.69 Å². The van der Waals surface area contributed by atoms with Gasteiger partial charge in [0, 0.05) is 24.0 Å². The highest BCUT2D eigenvalue weighted by molar-refractivity contribution is 6.11. The summed E-state index contributed by atoms with van der Waals surface area (Å²) >= 11 is 0. The van der Waals surface area contributed by atoms with E-state index in [0.717, 1.165) is 43.4 Å². The summed E-state index contributed by atoms with van der Waals surface area (Å²) in [6.07, 6.45) is 10.5. The summed E-state index contributed by atoms with van der Waals surface area (Å²) in [5, 5.41) is 7.38. The van der Waals surface area contributed by atoms with Crippen molar-refractivity contribution in [2.75, 3.05) is 24.4 Å². The third kappa shape index (κ3) is 5.16. The zero-order valence-electron chi connectivity index (χ0n) is 20.0. The highest BCUT2D eigenvalue weighted by atomic mass is 16.5. The maximum Gasteiger partial charge on any atom is 0.356 e. The molecule has 1 aliphatic heterocycles. The number of pyridine rings is 1. The van der Waals surface area contributed by atoms with Crippen LogP contribution in [-0.4, -0.2) is 47.3 Å². The van der Waals surface area contributed by atoms with Crippen molar-refractivity contribution in [2.24, 2.45) is 5.92 Å². The average Bonchev–Trinajstić information content (AvgIpc) is 3.45. The number of carbonyl (C=O) groups excluding carboxylic acids is 2. The Hall–Kier alpha value is -2.61. The SMILES string of the molecule is CC[C@@H](C)C(=O)Nc1c(C(=O)OC)n(C[C@@H]2CCCO2)c2ncc(NC3CCCCC3)cc12. The molecule has 2 aromatic heterocycles. The number of nitrogens with one attached hydrogen (secondary N) is 2. The third-order valence-electron chi connectivity index (χ3n) is 6.97. The molecule has 2 aromatic rings. The van der Waals surface area contributed by atoms with Crippen LogP contribution in [0.15, 0.2) is 12.3 Å². The second kappa shape index (κ2) is 10.5. The highest BCUT2D eigenvalue weighted by Crippen LogP contribution is 2.35. The van der Waals surface area contributed by atoms with Crippen molar-refractivity contribution in [1.29, 1.82) is 0 Å². The largest absolute Gasteiger partial charge is 0.464 e. The normalized spacial score (nSPS) is 20.0. The molecule has 3 heterocycles. The number of aromatic nitrogens is 2. The van der Waals surface area contributed by atoms with Crippen molar-refractivity contribution in [1.82, 2.24) is 9.55 Å². The Bertz CT molecular complexity index is 990. The number of methoxy groups -OCH3 is 1. The van der Waals surface area contributed by atoms with Crippen LogP contribution in [0.5, 0.6) is 0 Å². The Morgan fingerprint density at radius 1 is 1.24 bits per heavy atom. The number of amides is 1. The lowest BCUT2D eigenvalue weighted by molar-refractivity contribution is -0.119. The van der Waals surface area contributed by atoms with Crippen LogP contribution in [0.1, 0.15) is 75.7 Å². The van der Waals surface area contributed by atoms with Crippen LogP contribution >= 0.6 is 0 Å². The minimum Gasteiger partial charge on any atom is -0.464 e. The van der Waals surface area contributed by atoms with Gasteiger partial charge in [-0.05, 0) is 38.2 Å². The fourth-order valence-electron chi connectivity index (χ4n) is 4.82. The Morgan fingerprint density at radius 3 is 2.70 bits per heavy atom. The van der Waals surface area contributed by atoms with Crippen LogP contribution in [0, 0.1) is 5.92 Å². The summed E-state index contributed by atoms with van der Waals surface area (Å²) in [5.41, 5.74) is 2.35. The molecule has 1 amide bonds. The van der Waals surface area contributed by atoms with Gasteiger partial charge in [-0.25, -0.2) is 9.78 Å². The number of rotatable bonds is 8. The molecule has 2 atom stereocenters. The van der Waals surface area contributed by atoms with Crippen molar-refractivity contribution in [3.63, 3.8) is 0 Å². The van der Waals surface area contributed by atoms with E-state index >= 15 is 0 Å². The second-order valence-electron chi connectivity index (χ2n) is 9.33. The molecule has 8 heteroatoms. The highest BCUT2D eigenvalue weighted by Gasteiger charge is 2.29. The van der Waals surface area contributed by atoms with Gasteiger partial charge in [0.25, 0.3) is 0 Å². The number of fused-ring (bicyclic) bond motifs is 1. The molecule has 2 aliphatic rings. The van der Waals surface area contributed by atoms with Crippen molar-refractivity contribution in [2.45, 2.75) is 83.9 Å². The van der Waals surface area contributed by atoms with E-state index in [2.05, 4.69) is 10.6 Å². The zero-order chi connectivity index (χ0) is 23.4. The minimum absolute atomic E-state index is 0.00367. The van der Waals surface area contributed by atoms with Gasteiger partial charge in [-0.1, -0.05) is 33.1 Å². The molecule has 2 fully saturated rings. The zero-order valence-corrected chi connectivity index (χ0v) is 20.0. The Balaban J connectivity index is 1.79. The summed E-state index contributed by atoms with van der Waals surface area (Å²) in [6, 6.07) is 2.42. The first-order valence-corrected chi connectivity index (χ1v) is 12.3. The molecule has 180 valence electrons. The smallest absolute Gasteiger partial charge is 0.356 e. The second-order valence-corrected chi connectivity index (χ2v) is 9.33. The molecule has 0 radical (unpaired) electrons. The molecule has 2 N–H and O–H groups in total. The third-order valence-corrected chi connectivity index (χ3v) is 6.97. The quantitative estimate of drug-likeness (QED) is 0.558. The molecule has 4 rings (SSSR count). The van der Waals surface area contributed by atoms with E-state index < -0.39 is 5.97 Å². The Labute approximate surface area is 195 Å². The summed E-state index contributed by atoms with van der Waals surface area (Å²) in [7, 11) is 1.36. The van der Waals surface area contributed by atoms with Crippen LogP contribution in [0.2, 0.25) is 0 Å². The van der Waals surface area contributed by atoms with Crippen molar-refractivity contribution >= 4 is 34.3 Å². The number of esters is 1. The van der Waals surface area contributed by atoms with E-state index in [1.807, 2.05) is 30.7 Å². The maximum absolute atomic E-state index is 12.9. The molecule has 8 nitrogen and oxygen atoms in total. The molecular weight excluding hydrogens is 420 g/mol. The van der Waals surface area contributed by atoms with E-state index in [4.69, 9.17) is 14.5 Å². The van der Waals surface area contributed by atoms with E-state index in [-0.39, 0.29) is 17.9 Å². The summed E-state index contributed by atoms with van der Waals surface area (Å²) in [5.74, 6) is -0.791. The monoisotopic (exact) mass is 456 g/mol. The van der Waals surface area contributed by atoms with Gasteiger partial charge < -0.3 is 24.7 Å². The fourth-order valence-corrected chi connectivity index (χ4v) is 4.82. The summed E-state index contributed by atoms with van der Waals surface area (Å²) in [4.78, 5) is 30.6. The summed E-state index contributed by atoms with van der Waals surface area (Å²) < 4.78 is 12.8. The van der Waals surface area contributed by atoms with E-state index in [9.17, 15) is 9.59 Å². The first-order valence-electron chi connectivity index (χ1n) is 12.3. The fraction of sp³-hybridized carbons (Fsp3) is 0.640. The van der Waals surface area contributed by atoms with Crippen LogP contribution in [0.4, 0.5) is 11.4 Å². The maximum atomic E-state index is 12.9. The van der Waals surface area contributed by atoms with Gasteiger partial charge in [0.2, 0.25) is 5.91 Å². The first kappa shape index (κ1) is 23.5. The van der Waals surface area contributed by atoms with Gasteiger partial charge in [0.05, 0.1) is 37.3 Å². The van der Waals surface area contributed by atoms with Gasteiger partial charge in [-0.15, -0.1) is 0 Å². The standard InChI is InChI=1S/C25H36N4O4/c1-4-16(2)24(30)28-21-20-13-18(27-17-9-6-5-7-10-17)14-26-23(20)29(22(21)25(31)32-3)15-19-11-8-12-33-19/h13-14,16-17,19,27H,4-12,15H2,1-3H3,(H,28,30)/t16-,19+/m1/s1. The van der Waals surface area contributed by atoms with Gasteiger partial charge in [0.1, 0.15) is 5.65 Å². The lowest BCUT2D eigenvalue weighted by Crippen LogP contribution is -2.23. The van der Waals surface area contributed by atoms with Crippen molar-refractivity contribution < 1.29 is 19.1 Å². The molecule has 0 aromatic carbocycles. The molecule has 33 heavy (non-hydrogen) atoms. The number of anilines is 2. The van der Waals surface area contributed by atoms with Crippen molar-refractivity contribution in [3.8, 4) is 0 Å². The number of nitrogens with zero attached hydrogens (tertiary/aromatic N) is 2. The molecule has 0 bridgehead atoms. The van der Waals surface area contributed by atoms with Crippen molar-refractivity contribution in [3.05, 3.63) is 18.0 Å². The Kier molecular flexibility index (Phi) is 7.53. The lowest BCUT2D eigenvalue weighted by Gasteiger charge is -2.23. The molecule has 1 aliphatic carbocycles. The predicted octanol–water partition coefficient (Wildman–Crippen LogP) is 4.73. The molecule has 0 unspecified atom stereocenters. The predicted molar refractivity (Wildman–Crippen MR) is 129 cm³/mol. The number of hydrogen-bond donors (Lipinski definition) is 2. The van der Waals surface area contributed by atoms with E-state index in [1.165, 1.54) is 26.4 Å². The minimum atomic E-state index is -0.493. The van der Waals surface area contributed by atoms with E-state index in [1.54, 1.807) is 0 Å². The summed E-state index contributed by atoms with van der Waals surface area (Å²) in [6.45, 7) is 5.06. The first-order chi connectivity index (χ1) is 16.0. The van der Waals surface area contributed by atoms with Gasteiger partial charge in [-0.2, -0.15) is 0 Å². The molecule has 0 spiro atoms. The number of ether oxygens (including phenoxy) is 2. The number of carbonyl (C=O) groups is 2. The van der Waals surface area contributed by atoms with Crippen LogP contribution in [0.3, 0.4) is 0 Å². The van der Waals surface area contributed by atoms with E-state index in [0.29, 0.717) is 36.0 Å². The molecule has 1 saturated carbocycles. The number of hydrogen-bond acceptors (Lipinski definition) is 6. The van der Waals surface area contributed by atoms with Crippen LogP contribution in [-0.2, 0) is 20.8 Å². The van der Waals surface area contributed by atoms with Crippen LogP contribution < -0.4 is 10.6 Å². The average molecular weight is 457 g/mol. The van der Waals surface area contributed by atoms with Crippen LogP contribution in [0.25, 0.3) is 11.0 Å². The Morgan fingerprint density at radius 2 is 2.03 bits per heavy atom. The van der Waals surface area contributed by atoms with Gasteiger partial charge in [-0.3, -0.25) is 4.79 Å². The van der Waals surface area contributed by atoms with Gasteiger partial charge >= 0.3 is 5.97 Å². The molecule has 1 saturated heterocycles.